The predicted octanol–water partition coefficient (Wildman–Crippen LogP) is 14.1. The second-order valence-corrected chi connectivity index (χ2v) is 14.5. The van der Waals surface area contributed by atoms with Gasteiger partial charge in [-0.05, 0) is 140 Å². The van der Waals surface area contributed by atoms with Gasteiger partial charge in [0.1, 0.15) is 0 Å². The third-order valence-electron chi connectivity index (χ3n) is 11.6. The number of hydrogen-bond acceptors (Lipinski definition) is 2. The van der Waals surface area contributed by atoms with Gasteiger partial charge in [-0.2, -0.15) is 0 Å². The molecule has 0 saturated carbocycles. The molecule has 0 N–H and O–H groups in total. The van der Waals surface area contributed by atoms with E-state index in [1.54, 1.807) is 0 Å². The Morgan fingerprint density at radius 3 is 1.15 bits per heavy atom. The Bertz CT molecular complexity index is 2740. The van der Waals surface area contributed by atoms with Crippen molar-refractivity contribution in [3.8, 4) is 22.3 Å². The van der Waals surface area contributed by atoms with Crippen LogP contribution in [0.5, 0.6) is 0 Å². The minimum absolute atomic E-state index is 0.490. The summed E-state index contributed by atoms with van der Waals surface area (Å²) >= 11 is 0. The van der Waals surface area contributed by atoms with Crippen LogP contribution >= 0.6 is 0 Å². The van der Waals surface area contributed by atoms with Crippen molar-refractivity contribution in [1.82, 2.24) is 0 Å². The van der Waals surface area contributed by atoms with Crippen molar-refractivity contribution in [2.75, 3.05) is 9.80 Å². The minimum atomic E-state index is -0.490. The Morgan fingerprint density at radius 1 is 0.236 bits per heavy atom. The molecule has 1 spiro atoms. The Kier molecular flexibility index (Phi) is 7.11. The lowest BCUT2D eigenvalue weighted by molar-refractivity contribution is 0.795. The second kappa shape index (κ2) is 12.5. The Hall–Kier alpha value is -7.16. The van der Waals surface area contributed by atoms with Gasteiger partial charge in [0.05, 0.1) is 5.41 Å². The quantitative estimate of drug-likeness (QED) is 0.170. The SMILES string of the molecule is c1ccc(N(c2ccccc2)c2ccc3c(c2)C2(c4ccccc4-c4ccccc42)c2cc4cc(N(c5ccccc5)c5ccccc5)ccc4cc2-3)cc1. The number of fused-ring (bicyclic) bond motifs is 11. The summed E-state index contributed by atoms with van der Waals surface area (Å²) in [5, 5.41) is 2.45. The zero-order valence-electron chi connectivity index (χ0n) is 30.2. The van der Waals surface area contributed by atoms with E-state index in [-0.39, 0.29) is 0 Å². The van der Waals surface area contributed by atoms with Crippen LogP contribution in [0.25, 0.3) is 33.0 Å². The van der Waals surface area contributed by atoms with Crippen molar-refractivity contribution < 1.29 is 0 Å². The van der Waals surface area contributed by atoms with Gasteiger partial charge in [0, 0.05) is 34.1 Å². The summed E-state index contributed by atoms with van der Waals surface area (Å²) < 4.78 is 0. The van der Waals surface area contributed by atoms with Gasteiger partial charge in [-0.3, -0.25) is 0 Å². The van der Waals surface area contributed by atoms with E-state index in [4.69, 9.17) is 0 Å². The van der Waals surface area contributed by atoms with Gasteiger partial charge in [-0.25, -0.2) is 0 Å². The molecule has 2 aliphatic rings. The fourth-order valence-corrected chi connectivity index (χ4v) is 9.34. The van der Waals surface area contributed by atoms with E-state index < -0.39 is 5.41 Å². The minimum Gasteiger partial charge on any atom is -0.310 e. The number of anilines is 6. The van der Waals surface area contributed by atoms with Crippen molar-refractivity contribution >= 4 is 44.9 Å². The van der Waals surface area contributed by atoms with Crippen molar-refractivity contribution in [2.24, 2.45) is 0 Å². The van der Waals surface area contributed by atoms with Gasteiger partial charge in [-0.1, -0.05) is 133 Å². The maximum Gasteiger partial charge on any atom is 0.0726 e. The Morgan fingerprint density at radius 2 is 0.636 bits per heavy atom. The topological polar surface area (TPSA) is 6.48 Å². The van der Waals surface area contributed by atoms with E-state index in [0.29, 0.717) is 0 Å². The molecule has 0 aliphatic heterocycles. The van der Waals surface area contributed by atoms with Crippen LogP contribution in [0.1, 0.15) is 22.3 Å². The summed E-state index contributed by atoms with van der Waals surface area (Å²) in [6.07, 6.45) is 0. The lowest BCUT2D eigenvalue weighted by Gasteiger charge is -2.32. The number of nitrogens with zero attached hydrogens (tertiary/aromatic N) is 2. The third-order valence-corrected chi connectivity index (χ3v) is 11.6. The fourth-order valence-electron chi connectivity index (χ4n) is 9.34. The molecule has 2 nitrogen and oxygen atoms in total. The monoisotopic (exact) mass is 700 g/mol. The van der Waals surface area contributed by atoms with Crippen LogP contribution in [0.2, 0.25) is 0 Å². The first-order valence-electron chi connectivity index (χ1n) is 19.0. The number of rotatable bonds is 6. The lowest BCUT2D eigenvalue weighted by atomic mass is 9.70. The molecular formula is C53H36N2. The standard InChI is InChI=1S/C53H36N2/c1-5-17-39(18-6-1)54(40-19-7-2-8-20-40)43-30-29-37-34-48-47-32-31-44(55(41-21-9-3-10-22-41)42-23-11-4-12-24-42)36-52(47)53(51(48)35-38(37)33-43)49-27-15-13-25-45(49)46-26-14-16-28-50(46)53/h1-36H. The summed E-state index contributed by atoms with van der Waals surface area (Å²) in [4.78, 5) is 4.74. The number of benzene rings is 9. The molecule has 0 heterocycles. The maximum absolute atomic E-state index is 2.49. The lowest BCUT2D eigenvalue weighted by Crippen LogP contribution is -2.26. The first-order chi connectivity index (χ1) is 27.3. The molecule has 0 fully saturated rings. The molecule has 11 rings (SSSR count). The molecule has 0 atom stereocenters. The van der Waals surface area contributed by atoms with Crippen LogP contribution in [0.3, 0.4) is 0 Å². The molecule has 0 bridgehead atoms. The van der Waals surface area contributed by atoms with E-state index in [0.717, 1.165) is 34.1 Å². The van der Waals surface area contributed by atoms with E-state index in [2.05, 4.69) is 228 Å². The molecule has 55 heavy (non-hydrogen) atoms. The van der Waals surface area contributed by atoms with Gasteiger partial charge in [0.25, 0.3) is 0 Å². The third kappa shape index (κ3) is 4.75. The number of hydrogen-bond donors (Lipinski definition) is 0. The molecule has 2 aliphatic carbocycles. The highest BCUT2D eigenvalue weighted by Crippen LogP contribution is 2.64. The molecule has 0 unspecified atom stereocenters. The molecule has 258 valence electrons. The van der Waals surface area contributed by atoms with E-state index in [1.165, 1.54) is 55.3 Å². The largest absolute Gasteiger partial charge is 0.310 e. The molecule has 0 saturated heterocycles. The van der Waals surface area contributed by atoms with E-state index in [9.17, 15) is 0 Å². The van der Waals surface area contributed by atoms with Gasteiger partial charge < -0.3 is 9.80 Å². The number of para-hydroxylation sites is 4. The normalized spacial score (nSPS) is 12.9. The van der Waals surface area contributed by atoms with Crippen LogP contribution in [0.15, 0.2) is 218 Å². The average Bonchev–Trinajstić information content (AvgIpc) is 3.71. The summed E-state index contributed by atoms with van der Waals surface area (Å²) in [5.41, 5.74) is 16.8. The Balaban J connectivity index is 1.18. The van der Waals surface area contributed by atoms with Crippen LogP contribution in [-0.2, 0) is 5.41 Å². The van der Waals surface area contributed by atoms with Gasteiger partial charge in [-0.15, -0.1) is 0 Å². The summed E-state index contributed by atoms with van der Waals surface area (Å²) in [7, 11) is 0. The smallest absolute Gasteiger partial charge is 0.0726 e. The second-order valence-electron chi connectivity index (χ2n) is 14.5. The maximum atomic E-state index is 2.49. The fraction of sp³-hybridized carbons (Fsp3) is 0.0189. The highest BCUT2D eigenvalue weighted by molar-refractivity contribution is 6.01. The van der Waals surface area contributed by atoms with E-state index >= 15 is 0 Å². The Labute approximate surface area is 321 Å². The first kappa shape index (κ1) is 31.4. The van der Waals surface area contributed by atoms with Crippen molar-refractivity contribution in [3.63, 3.8) is 0 Å². The van der Waals surface area contributed by atoms with Crippen LogP contribution in [0, 0.1) is 0 Å². The molecule has 9 aromatic carbocycles. The van der Waals surface area contributed by atoms with Crippen LogP contribution in [-0.4, -0.2) is 0 Å². The van der Waals surface area contributed by atoms with Gasteiger partial charge in [0.15, 0.2) is 0 Å². The van der Waals surface area contributed by atoms with Gasteiger partial charge in [0.2, 0.25) is 0 Å². The highest BCUT2D eigenvalue weighted by Gasteiger charge is 2.52. The van der Waals surface area contributed by atoms with Crippen molar-refractivity contribution in [2.45, 2.75) is 5.41 Å². The summed E-state index contributed by atoms with van der Waals surface area (Å²) in [5.74, 6) is 0. The predicted molar refractivity (Wildman–Crippen MR) is 230 cm³/mol. The van der Waals surface area contributed by atoms with Crippen LogP contribution < -0.4 is 9.80 Å². The van der Waals surface area contributed by atoms with Crippen LogP contribution in [0.4, 0.5) is 34.1 Å². The van der Waals surface area contributed by atoms with Gasteiger partial charge >= 0.3 is 0 Å². The van der Waals surface area contributed by atoms with E-state index in [1.807, 2.05) is 0 Å². The molecule has 2 heteroatoms. The molecule has 0 aromatic heterocycles. The molecule has 0 radical (unpaired) electrons. The van der Waals surface area contributed by atoms with Crippen molar-refractivity contribution in [1.29, 1.82) is 0 Å². The molecule has 0 amide bonds. The average molecular weight is 701 g/mol. The summed E-state index contributed by atoms with van der Waals surface area (Å²) in [6, 6.07) is 79.9. The molecular weight excluding hydrogens is 665 g/mol. The highest BCUT2D eigenvalue weighted by atomic mass is 15.1. The van der Waals surface area contributed by atoms with Crippen molar-refractivity contribution in [3.05, 3.63) is 241 Å². The summed E-state index contributed by atoms with van der Waals surface area (Å²) in [6.45, 7) is 0. The first-order valence-corrected chi connectivity index (χ1v) is 19.0. The molecule has 9 aromatic rings. The zero-order valence-corrected chi connectivity index (χ0v) is 30.2. The zero-order chi connectivity index (χ0) is 36.3.